The van der Waals surface area contributed by atoms with Crippen LogP contribution in [0.3, 0.4) is 0 Å². The van der Waals surface area contributed by atoms with Crippen LogP contribution in [0.4, 0.5) is 23.1 Å². The number of carbonyl (C=O) groups is 1. The van der Waals surface area contributed by atoms with Gasteiger partial charge in [-0.15, -0.1) is 0 Å². The number of rotatable bonds is 10. The standard InChI is InChI=1S/C23H30ClN7O5/c1-5-18(33)28-15-8-13(9-25-21(15)31(4)7-6-30(2)3)27-23-26-10-14(24)22(29-23)36-17-12-35-19-16(32)11-34-20(17)19/h5,8-10,16-17,19-20,32H,1,6-7,11-12H2,2-4H3,(H,28,33)(H,26,27,29)/t16-,17-,19-,20-/m0/s1. The van der Waals surface area contributed by atoms with Crippen LogP contribution in [0.1, 0.15) is 0 Å². The van der Waals surface area contributed by atoms with Crippen LogP contribution in [0, 0.1) is 0 Å². The lowest BCUT2D eigenvalue weighted by atomic mass is 10.1. The van der Waals surface area contributed by atoms with E-state index in [0.717, 1.165) is 6.54 Å². The zero-order valence-electron chi connectivity index (χ0n) is 20.3. The highest BCUT2D eigenvalue weighted by atomic mass is 35.5. The lowest BCUT2D eigenvalue weighted by Crippen LogP contribution is -2.34. The molecule has 4 heterocycles. The summed E-state index contributed by atoms with van der Waals surface area (Å²) in [7, 11) is 5.88. The third-order valence-electron chi connectivity index (χ3n) is 5.77. The van der Waals surface area contributed by atoms with Crippen LogP contribution in [0.2, 0.25) is 5.02 Å². The van der Waals surface area contributed by atoms with Crippen molar-refractivity contribution in [3.8, 4) is 5.88 Å². The number of aromatic nitrogens is 3. The van der Waals surface area contributed by atoms with Crippen molar-refractivity contribution in [1.29, 1.82) is 0 Å². The number of aliphatic hydroxyl groups is 1. The molecule has 0 aliphatic carbocycles. The summed E-state index contributed by atoms with van der Waals surface area (Å²) < 4.78 is 17.1. The van der Waals surface area contributed by atoms with Gasteiger partial charge < -0.3 is 39.8 Å². The fourth-order valence-electron chi connectivity index (χ4n) is 3.87. The van der Waals surface area contributed by atoms with Crippen molar-refractivity contribution in [2.45, 2.75) is 24.4 Å². The van der Waals surface area contributed by atoms with Gasteiger partial charge in [0.2, 0.25) is 17.7 Å². The fourth-order valence-corrected chi connectivity index (χ4v) is 4.01. The van der Waals surface area contributed by atoms with Gasteiger partial charge in [0.15, 0.2) is 11.9 Å². The van der Waals surface area contributed by atoms with Gasteiger partial charge in [-0.2, -0.15) is 4.98 Å². The Bertz CT molecular complexity index is 1100. The molecule has 2 saturated heterocycles. The highest BCUT2D eigenvalue weighted by molar-refractivity contribution is 6.31. The molecule has 3 N–H and O–H groups in total. The van der Waals surface area contributed by atoms with Crippen molar-refractivity contribution < 1.29 is 24.1 Å². The van der Waals surface area contributed by atoms with Crippen LogP contribution in [0.15, 0.2) is 31.1 Å². The monoisotopic (exact) mass is 519 g/mol. The number of fused-ring (bicyclic) bond motifs is 1. The number of amides is 1. The van der Waals surface area contributed by atoms with Gasteiger partial charge in [0.05, 0.1) is 37.0 Å². The van der Waals surface area contributed by atoms with Crippen molar-refractivity contribution in [1.82, 2.24) is 19.9 Å². The minimum atomic E-state index is -0.685. The normalized spacial score (nSPS) is 22.8. The van der Waals surface area contributed by atoms with Crippen molar-refractivity contribution in [3.63, 3.8) is 0 Å². The first-order valence-electron chi connectivity index (χ1n) is 11.4. The second kappa shape index (κ2) is 11.4. The maximum atomic E-state index is 12.0. The number of hydrogen-bond donors (Lipinski definition) is 3. The number of nitrogens with one attached hydrogen (secondary N) is 2. The molecule has 0 aromatic carbocycles. The maximum Gasteiger partial charge on any atom is 0.247 e. The third kappa shape index (κ3) is 6.02. The van der Waals surface area contributed by atoms with E-state index in [0.29, 0.717) is 23.7 Å². The second-order valence-electron chi connectivity index (χ2n) is 8.80. The molecule has 0 bridgehead atoms. The number of anilines is 4. The predicted molar refractivity (Wildman–Crippen MR) is 135 cm³/mol. The van der Waals surface area contributed by atoms with E-state index in [1.165, 1.54) is 12.3 Å². The molecule has 0 unspecified atom stereocenters. The van der Waals surface area contributed by atoms with Crippen LogP contribution < -0.4 is 20.3 Å². The zero-order valence-corrected chi connectivity index (χ0v) is 21.1. The van der Waals surface area contributed by atoms with E-state index in [4.69, 9.17) is 25.8 Å². The Hall–Kier alpha value is -3.03. The van der Waals surface area contributed by atoms with E-state index < -0.39 is 24.4 Å². The van der Waals surface area contributed by atoms with Crippen LogP contribution in [-0.2, 0) is 14.3 Å². The molecule has 4 atom stereocenters. The maximum absolute atomic E-state index is 12.0. The quantitative estimate of drug-likeness (QED) is 0.392. The molecule has 13 heteroatoms. The number of likely N-dealkylation sites (N-methyl/N-ethyl adjacent to an activating group) is 2. The molecular formula is C23H30ClN7O5. The van der Waals surface area contributed by atoms with Crippen LogP contribution in [0.5, 0.6) is 5.88 Å². The van der Waals surface area contributed by atoms with Gasteiger partial charge in [0.25, 0.3) is 0 Å². The lowest BCUT2D eigenvalue weighted by Gasteiger charge is -2.23. The first-order chi connectivity index (χ1) is 17.2. The Morgan fingerprint density at radius 2 is 2.03 bits per heavy atom. The predicted octanol–water partition coefficient (Wildman–Crippen LogP) is 1.30. The molecule has 2 aromatic rings. The minimum absolute atomic E-state index is 0.154. The van der Waals surface area contributed by atoms with Crippen molar-refractivity contribution >= 4 is 40.6 Å². The Morgan fingerprint density at radius 1 is 1.25 bits per heavy atom. The molecule has 194 valence electrons. The summed E-state index contributed by atoms with van der Waals surface area (Å²) in [4.78, 5) is 29.2. The summed E-state index contributed by atoms with van der Waals surface area (Å²) in [5.41, 5.74) is 1.04. The molecule has 0 saturated carbocycles. The van der Waals surface area contributed by atoms with Gasteiger partial charge in [-0.3, -0.25) is 4.79 Å². The molecule has 0 radical (unpaired) electrons. The summed E-state index contributed by atoms with van der Waals surface area (Å²) in [5, 5.41) is 16.0. The number of halogens is 1. The second-order valence-corrected chi connectivity index (χ2v) is 9.21. The molecule has 4 rings (SSSR count). The Morgan fingerprint density at radius 3 is 2.78 bits per heavy atom. The molecule has 2 fully saturated rings. The Labute approximate surface area is 214 Å². The molecule has 36 heavy (non-hydrogen) atoms. The number of hydrogen-bond acceptors (Lipinski definition) is 11. The topological polar surface area (TPSA) is 134 Å². The fraction of sp³-hybridized carbons (Fsp3) is 0.478. The smallest absolute Gasteiger partial charge is 0.247 e. The number of pyridine rings is 1. The number of aliphatic hydroxyl groups excluding tert-OH is 1. The minimum Gasteiger partial charge on any atom is -0.468 e. The molecule has 1 amide bonds. The number of carbonyl (C=O) groups excluding carboxylic acids is 1. The van der Waals surface area contributed by atoms with Crippen molar-refractivity contribution in [3.05, 3.63) is 36.1 Å². The van der Waals surface area contributed by atoms with Crippen molar-refractivity contribution in [2.24, 2.45) is 0 Å². The largest absolute Gasteiger partial charge is 0.468 e. The zero-order chi connectivity index (χ0) is 25.8. The van der Waals surface area contributed by atoms with E-state index in [9.17, 15) is 9.90 Å². The van der Waals surface area contributed by atoms with Gasteiger partial charge >= 0.3 is 0 Å². The summed E-state index contributed by atoms with van der Waals surface area (Å²) in [5.74, 6) is 0.620. The Balaban J connectivity index is 1.51. The van der Waals surface area contributed by atoms with E-state index in [1.54, 1.807) is 12.3 Å². The average molecular weight is 520 g/mol. The van der Waals surface area contributed by atoms with Crippen LogP contribution >= 0.6 is 11.6 Å². The highest BCUT2D eigenvalue weighted by Gasteiger charge is 2.48. The van der Waals surface area contributed by atoms with Crippen molar-refractivity contribution in [2.75, 3.05) is 63.0 Å². The summed E-state index contributed by atoms with van der Waals surface area (Å²) in [6, 6.07) is 1.73. The van der Waals surface area contributed by atoms with Crippen LogP contribution in [-0.4, -0.2) is 103 Å². The number of nitrogens with zero attached hydrogens (tertiary/aromatic N) is 5. The molecule has 2 aliphatic heterocycles. The van der Waals surface area contributed by atoms with E-state index in [-0.39, 0.29) is 36.0 Å². The summed E-state index contributed by atoms with van der Waals surface area (Å²) in [6.45, 7) is 5.47. The summed E-state index contributed by atoms with van der Waals surface area (Å²) in [6.07, 6.45) is 2.24. The lowest BCUT2D eigenvalue weighted by molar-refractivity contribution is -0.111. The van der Waals surface area contributed by atoms with Gasteiger partial charge in [-0.25, -0.2) is 9.97 Å². The van der Waals surface area contributed by atoms with E-state index >= 15 is 0 Å². The Kier molecular flexibility index (Phi) is 8.21. The summed E-state index contributed by atoms with van der Waals surface area (Å²) >= 11 is 6.27. The first kappa shape index (κ1) is 26.0. The molecule has 2 aliphatic rings. The van der Waals surface area contributed by atoms with E-state index in [2.05, 4.69) is 37.1 Å². The third-order valence-corrected chi connectivity index (χ3v) is 6.03. The van der Waals surface area contributed by atoms with Gasteiger partial charge in [-0.05, 0) is 26.2 Å². The van der Waals surface area contributed by atoms with Gasteiger partial charge in [-0.1, -0.05) is 18.2 Å². The molecule has 2 aromatic heterocycles. The first-order valence-corrected chi connectivity index (χ1v) is 11.8. The molecular weight excluding hydrogens is 490 g/mol. The van der Waals surface area contributed by atoms with Gasteiger partial charge in [0.1, 0.15) is 23.3 Å². The SMILES string of the molecule is C=CC(=O)Nc1cc(Nc2ncc(Cl)c(O[C@H]3CO[C@@H]4[C@H]3OC[C@@H]4O)n2)cnc1N(C)CCN(C)C. The number of ether oxygens (including phenoxy) is 3. The average Bonchev–Trinajstić information content (AvgIpc) is 3.42. The highest BCUT2D eigenvalue weighted by Crippen LogP contribution is 2.32. The molecule has 0 spiro atoms. The molecule has 12 nitrogen and oxygen atoms in total. The van der Waals surface area contributed by atoms with Gasteiger partial charge in [0, 0.05) is 20.1 Å². The van der Waals surface area contributed by atoms with Crippen LogP contribution in [0.25, 0.3) is 0 Å². The van der Waals surface area contributed by atoms with E-state index in [1.807, 2.05) is 26.0 Å².